The molecular formula is C23H40O4. The molecule has 2 N–H and O–H groups in total. The third-order valence-electron chi connectivity index (χ3n) is 5.83. The van der Waals surface area contributed by atoms with Gasteiger partial charge in [-0.2, -0.15) is 0 Å². The molecule has 0 aromatic rings. The maximum absolute atomic E-state index is 10.6. The smallest absolute Gasteiger partial charge is 0.307 e. The maximum atomic E-state index is 10.6. The molecule has 0 saturated heterocycles. The molecule has 0 aromatic heterocycles. The second-order valence-corrected chi connectivity index (χ2v) is 8.13. The summed E-state index contributed by atoms with van der Waals surface area (Å²) in [6, 6.07) is 0. The molecule has 1 aliphatic rings. The largest absolute Gasteiger partial charge is 0.435 e. The Morgan fingerprint density at radius 2 is 1.93 bits per heavy atom. The number of aliphatic hydroxyl groups excluding tert-OH is 2. The summed E-state index contributed by atoms with van der Waals surface area (Å²) in [5.41, 5.74) is 0. The molecule has 0 spiro atoms. The molecule has 5 atom stereocenters. The summed E-state index contributed by atoms with van der Waals surface area (Å²) in [4.78, 5) is 10.6. The average molecular weight is 381 g/mol. The maximum Gasteiger partial charge on any atom is 0.307 e. The minimum absolute atomic E-state index is 0.186. The van der Waals surface area contributed by atoms with Crippen molar-refractivity contribution in [3.63, 3.8) is 0 Å². The van der Waals surface area contributed by atoms with Gasteiger partial charge in [-0.1, -0.05) is 45.3 Å². The third-order valence-corrected chi connectivity index (χ3v) is 5.83. The molecule has 4 nitrogen and oxygen atoms in total. The fourth-order valence-corrected chi connectivity index (χ4v) is 4.33. The zero-order valence-electron chi connectivity index (χ0n) is 17.5. The van der Waals surface area contributed by atoms with Crippen molar-refractivity contribution >= 4 is 5.97 Å². The molecule has 1 rings (SSSR count). The molecule has 156 valence electrons. The van der Waals surface area contributed by atoms with Crippen molar-refractivity contribution in [3.8, 4) is 0 Å². The Kier molecular flexibility index (Phi) is 12.4. The second kappa shape index (κ2) is 14.0. The first-order valence-electron chi connectivity index (χ1n) is 10.8. The van der Waals surface area contributed by atoms with Crippen molar-refractivity contribution in [3.05, 3.63) is 24.5 Å². The van der Waals surface area contributed by atoms with Crippen LogP contribution in [0.5, 0.6) is 0 Å². The number of rotatable bonds is 13. The van der Waals surface area contributed by atoms with Gasteiger partial charge in [0.15, 0.2) is 0 Å². The van der Waals surface area contributed by atoms with E-state index < -0.39 is 0 Å². The highest BCUT2D eigenvalue weighted by molar-refractivity contribution is 5.66. The fraction of sp³-hybridized carbons (Fsp3) is 0.783. The van der Waals surface area contributed by atoms with E-state index in [0.717, 1.165) is 51.4 Å². The van der Waals surface area contributed by atoms with Gasteiger partial charge in [-0.15, -0.1) is 0 Å². The number of aliphatic hydroxyl groups is 2. The van der Waals surface area contributed by atoms with Crippen LogP contribution in [0, 0.1) is 17.8 Å². The van der Waals surface area contributed by atoms with Crippen LogP contribution in [0.15, 0.2) is 24.5 Å². The molecule has 0 bridgehead atoms. The highest BCUT2D eigenvalue weighted by atomic mass is 16.5. The monoisotopic (exact) mass is 380 g/mol. The summed E-state index contributed by atoms with van der Waals surface area (Å²) < 4.78 is 4.72. The highest BCUT2D eigenvalue weighted by Gasteiger charge is 2.39. The number of carbonyl (C=O) groups excluding carboxylic acids is 1. The van der Waals surface area contributed by atoms with Crippen LogP contribution in [0.4, 0.5) is 0 Å². The molecule has 0 heterocycles. The van der Waals surface area contributed by atoms with Gasteiger partial charge in [0.2, 0.25) is 0 Å². The van der Waals surface area contributed by atoms with Crippen LogP contribution < -0.4 is 0 Å². The van der Waals surface area contributed by atoms with E-state index in [1.807, 2.05) is 6.08 Å². The topological polar surface area (TPSA) is 66.8 Å². The van der Waals surface area contributed by atoms with Gasteiger partial charge in [-0.05, 0) is 68.8 Å². The first kappa shape index (κ1) is 23.9. The quantitative estimate of drug-likeness (QED) is 0.201. The predicted octanol–water partition coefficient (Wildman–Crippen LogP) is 5.14. The number of unbranched alkanes of at least 4 members (excludes halogenated alkanes) is 3. The summed E-state index contributed by atoms with van der Waals surface area (Å²) in [5.74, 6) is 1.10. The van der Waals surface area contributed by atoms with Crippen molar-refractivity contribution in [2.24, 2.45) is 17.8 Å². The van der Waals surface area contributed by atoms with E-state index in [4.69, 9.17) is 4.74 Å². The number of hydrogen-bond acceptors (Lipinski definition) is 4. The van der Waals surface area contributed by atoms with Crippen molar-refractivity contribution < 1.29 is 19.7 Å². The average Bonchev–Trinajstić information content (AvgIpc) is 2.88. The van der Waals surface area contributed by atoms with Crippen LogP contribution in [0.25, 0.3) is 0 Å². The van der Waals surface area contributed by atoms with E-state index in [0.29, 0.717) is 17.8 Å². The van der Waals surface area contributed by atoms with E-state index in [1.54, 1.807) is 6.08 Å². The summed E-state index contributed by atoms with van der Waals surface area (Å²) in [6.07, 6.45) is 16.9. The van der Waals surface area contributed by atoms with Gasteiger partial charge in [0, 0.05) is 6.92 Å². The lowest BCUT2D eigenvalue weighted by Gasteiger charge is -2.25. The molecule has 0 aromatic carbocycles. The predicted molar refractivity (Wildman–Crippen MR) is 110 cm³/mol. The van der Waals surface area contributed by atoms with Gasteiger partial charge in [-0.25, -0.2) is 0 Å². The molecule has 0 aliphatic heterocycles. The molecule has 0 amide bonds. The highest BCUT2D eigenvalue weighted by Crippen LogP contribution is 2.42. The van der Waals surface area contributed by atoms with Gasteiger partial charge in [0.1, 0.15) is 0 Å². The van der Waals surface area contributed by atoms with Crippen LogP contribution >= 0.6 is 0 Å². The number of ether oxygens (including phenoxy) is 1. The SMILES string of the molecule is CCCCC[C@H](O)CC[C@H]1[C@@H](CCC/C=C/C=C/OC(C)=O)[C@@H](O)C[C@H]1C. The van der Waals surface area contributed by atoms with Crippen molar-refractivity contribution in [2.75, 3.05) is 0 Å². The summed E-state index contributed by atoms with van der Waals surface area (Å²) in [6.45, 7) is 5.81. The Hall–Kier alpha value is -1.13. The third kappa shape index (κ3) is 10.1. The first-order valence-corrected chi connectivity index (χ1v) is 10.8. The molecule has 0 radical (unpaired) electrons. The van der Waals surface area contributed by atoms with E-state index in [-0.39, 0.29) is 18.2 Å². The van der Waals surface area contributed by atoms with Crippen LogP contribution in [-0.2, 0) is 9.53 Å². The molecule has 1 saturated carbocycles. The molecular weight excluding hydrogens is 340 g/mol. The van der Waals surface area contributed by atoms with Gasteiger partial charge in [0.25, 0.3) is 0 Å². The Labute approximate surface area is 165 Å². The Balaban J connectivity index is 2.33. The number of carbonyl (C=O) groups is 1. The number of esters is 1. The van der Waals surface area contributed by atoms with E-state index in [9.17, 15) is 15.0 Å². The molecule has 1 fully saturated rings. The fourth-order valence-electron chi connectivity index (χ4n) is 4.33. The molecule has 27 heavy (non-hydrogen) atoms. The Bertz CT molecular complexity index is 457. The molecule has 0 unspecified atom stereocenters. The van der Waals surface area contributed by atoms with Gasteiger partial charge in [0.05, 0.1) is 18.5 Å². The first-order chi connectivity index (χ1) is 13.0. The minimum Gasteiger partial charge on any atom is -0.435 e. The van der Waals surface area contributed by atoms with Crippen molar-refractivity contribution in [2.45, 2.75) is 97.2 Å². The zero-order valence-corrected chi connectivity index (χ0v) is 17.5. The summed E-state index contributed by atoms with van der Waals surface area (Å²) >= 11 is 0. The Morgan fingerprint density at radius 3 is 2.63 bits per heavy atom. The second-order valence-electron chi connectivity index (χ2n) is 8.13. The van der Waals surface area contributed by atoms with Crippen molar-refractivity contribution in [1.82, 2.24) is 0 Å². The van der Waals surface area contributed by atoms with Crippen LogP contribution in [0.3, 0.4) is 0 Å². The van der Waals surface area contributed by atoms with Gasteiger partial charge in [-0.3, -0.25) is 4.79 Å². The van der Waals surface area contributed by atoms with Crippen LogP contribution in [-0.4, -0.2) is 28.4 Å². The van der Waals surface area contributed by atoms with Gasteiger partial charge < -0.3 is 14.9 Å². The van der Waals surface area contributed by atoms with E-state index >= 15 is 0 Å². The van der Waals surface area contributed by atoms with E-state index in [1.165, 1.54) is 26.0 Å². The summed E-state index contributed by atoms with van der Waals surface area (Å²) in [5, 5.41) is 20.7. The zero-order chi connectivity index (χ0) is 20.1. The number of allylic oxidation sites excluding steroid dienone is 3. The number of hydrogen-bond donors (Lipinski definition) is 2. The lowest BCUT2D eigenvalue weighted by molar-refractivity contribution is -0.135. The Morgan fingerprint density at radius 1 is 1.15 bits per heavy atom. The standard InChI is InChI=1S/C23H40O4/c1-4-5-9-12-20(25)14-15-21-18(2)17-23(26)22(21)13-10-7-6-8-11-16-27-19(3)24/h6,8,11,16,18,20-23,25-26H,4-5,7,9-10,12-15,17H2,1-3H3/b8-6+,16-11+/t18-,20+,21-,22-,23+/m1/s1. The normalized spacial score (nSPS) is 26.9. The molecule has 4 heteroatoms. The summed E-state index contributed by atoms with van der Waals surface area (Å²) in [7, 11) is 0. The minimum atomic E-state index is -0.314. The van der Waals surface area contributed by atoms with E-state index in [2.05, 4.69) is 19.9 Å². The molecule has 1 aliphatic carbocycles. The van der Waals surface area contributed by atoms with Crippen LogP contribution in [0.2, 0.25) is 0 Å². The van der Waals surface area contributed by atoms with Crippen molar-refractivity contribution in [1.29, 1.82) is 0 Å². The lowest BCUT2D eigenvalue weighted by Crippen LogP contribution is -2.21. The van der Waals surface area contributed by atoms with Gasteiger partial charge >= 0.3 is 5.97 Å². The lowest BCUT2D eigenvalue weighted by atomic mass is 9.82. The van der Waals surface area contributed by atoms with Crippen LogP contribution in [0.1, 0.15) is 85.0 Å².